The summed E-state index contributed by atoms with van der Waals surface area (Å²) in [6.07, 6.45) is 2.56. The Labute approximate surface area is 120 Å². The molecule has 0 amide bonds. The van der Waals surface area contributed by atoms with Gasteiger partial charge in [-0.15, -0.1) is 11.3 Å². The van der Waals surface area contributed by atoms with Gasteiger partial charge in [-0.1, -0.05) is 23.7 Å². The Morgan fingerprint density at radius 2 is 2.33 bits per heavy atom. The van der Waals surface area contributed by atoms with Gasteiger partial charge in [-0.05, 0) is 36.3 Å². The van der Waals surface area contributed by atoms with E-state index in [0.717, 1.165) is 22.1 Å². The SMILES string of the molecule is NC(=S)N(CCc1cccc(Cl)c1)c1nccs1. The van der Waals surface area contributed by atoms with Gasteiger partial charge in [-0.25, -0.2) is 4.98 Å². The molecular formula is C12H12ClN3S2. The standard InChI is InChI=1S/C12H12ClN3S2/c13-10-3-1-2-9(8-10)4-6-16(11(14)17)12-15-5-7-18-12/h1-3,5,7-8H,4,6H2,(H2,14,17). The molecule has 18 heavy (non-hydrogen) atoms. The number of hydrogen-bond acceptors (Lipinski definition) is 3. The highest BCUT2D eigenvalue weighted by molar-refractivity contribution is 7.80. The maximum absolute atomic E-state index is 5.95. The van der Waals surface area contributed by atoms with Crippen LogP contribution in [0.4, 0.5) is 5.13 Å². The lowest BCUT2D eigenvalue weighted by atomic mass is 10.1. The van der Waals surface area contributed by atoms with Gasteiger partial charge >= 0.3 is 0 Å². The number of benzene rings is 1. The van der Waals surface area contributed by atoms with Gasteiger partial charge in [-0.3, -0.25) is 4.90 Å². The minimum absolute atomic E-state index is 0.340. The molecule has 0 fully saturated rings. The summed E-state index contributed by atoms with van der Waals surface area (Å²) < 4.78 is 0. The molecule has 94 valence electrons. The lowest BCUT2D eigenvalue weighted by Crippen LogP contribution is -2.37. The largest absolute Gasteiger partial charge is 0.376 e. The first-order valence-electron chi connectivity index (χ1n) is 5.38. The van der Waals surface area contributed by atoms with Gasteiger partial charge in [0.05, 0.1) is 0 Å². The Morgan fingerprint density at radius 3 is 2.94 bits per heavy atom. The highest BCUT2D eigenvalue weighted by atomic mass is 35.5. The number of rotatable bonds is 4. The van der Waals surface area contributed by atoms with Crippen LogP contribution < -0.4 is 10.6 Å². The van der Waals surface area contributed by atoms with E-state index in [1.165, 1.54) is 11.3 Å². The third-order valence-corrected chi connectivity index (χ3v) is 3.68. The van der Waals surface area contributed by atoms with Crippen LogP contribution in [0.1, 0.15) is 5.56 Å². The van der Waals surface area contributed by atoms with Crippen LogP contribution in [0, 0.1) is 0 Å². The van der Waals surface area contributed by atoms with E-state index >= 15 is 0 Å². The molecule has 3 nitrogen and oxygen atoms in total. The number of anilines is 1. The fourth-order valence-corrected chi connectivity index (χ4v) is 2.71. The molecule has 0 radical (unpaired) electrons. The first-order valence-corrected chi connectivity index (χ1v) is 7.04. The Kier molecular flexibility index (Phi) is 4.52. The molecule has 2 N–H and O–H groups in total. The number of nitrogens with zero attached hydrogens (tertiary/aromatic N) is 2. The van der Waals surface area contributed by atoms with E-state index in [-0.39, 0.29) is 0 Å². The molecule has 0 aliphatic rings. The molecule has 0 aliphatic heterocycles. The van der Waals surface area contributed by atoms with E-state index in [1.807, 2.05) is 34.5 Å². The smallest absolute Gasteiger partial charge is 0.191 e. The molecule has 6 heteroatoms. The van der Waals surface area contributed by atoms with E-state index in [9.17, 15) is 0 Å². The first kappa shape index (κ1) is 13.3. The van der Waals surface area contributed by atoms with E-state index in [4.69, 9.17) is 29.6 Å². The van der Waals surface area contributed by atoms with Crippen molar-refractivity contribution in [1.82, 2.24) is 4.98 Å². The van der Waals surface area contributed by atoms with E-state index in [0.29, 0.717) is 11.7 Å². The second-order valence-electron chi connectivity index (χ2n) is 3.68. The molecule has 1 aromatic heterocycles. The molecular weight excluding hydrogens is 286 g/mol. The predicted octanol–water partition coefficient (Wildman–Crippen LogP) is 3.09. The molecule has 0 saturated carbocycles. The van der Waals surface area contributed by atoms with E-state index < -0.39 is 0 Å². The van der Waals surface area contributed by atoms with Crippen molar-refractivity contribution in [3.05, 3.63) is 46.4 Å². The van der Waals surface area contributed by atoms with Crippen molar-refractivity contribution >= 4 is 45.4 Å². The first-order chi connectivity index (χ1) is 8.66. The average molecular weight is 298 g/mol. The summed E-state index contributed by atoms with van der Waals surface area (Å²) in [4.78, 5) is 6.05. The van der Waals surface area contributed by atoms with Crippen molar-refractivity contribution in [1.29, 1.82) is 0 Å². The zero-order valence-electron chi connectivity index (χ0n) is 9.54. The quantitative estimate of drug-likeness (QED) is 0.881. The van der Waals surface area contributed by atoms with Gasteiger partial charge in [0.1, 0.15) is 0 Å². The summed E-state index contributed by atoms with van der Waals surface area (Å²) in [6.45, 7) is 0.698. The summed E-state index contributed by atoms with van der Waals surface area (Å²) in [7, 11) is 0. The Morgan fingerprint density at radius 1 is 1.50 bits per heavy atom. The van der Waals surface area contributed by atoms with Gasteiger partial charge in [0, 0.05) is 23.1 Å². The molecule has 0 atom stereocenters. The van der Waals surface area contributed by atoms with Gasteiger partial charge < -0.3 is 5.73 Å². The summed E-state index contributed by atoms with van der Waals surface area (Å²) in [5, 5.41) is 3.81. The van der Waals surface area contributed by atoms with Crippen LogP contribution in [0.15, 0.2) is 35.8 Å². The minimum atomic E-state index is 0.340. The zero-order valence-corrected chi connectivity index (χ0v) is 11.9. The summed E-state index contributed by atoms with van der Waals surface area (Å²) in [5.41, 5.74) is 6.87. The van der Waals surface area contributed by atoms with Gasteiger partial charge in [0.2, 0.25) is 0 Å². The zero-order chi connectivity index (χ0) is 13.0. The molecule has 0 unspecified atom stereocenters. The lowest BCUT2D eigenvalue weighted by Gasteiger charge is -2.19. The lowest BCUT2D eigenvalue weighted by molar-refractivity contribution is 0.930. The van der Waals surface area contributed by atoms with Crippen LogP contribution in [0.2, 0.25) is 5.02 Å². The molecule has 1 heterocycles. The van der Waals surface area contributed by atoms with Crippen LogP contribution in [0.25, 0.3) is 0 Å². The van der Waals surface area contributed by atoms with Crippen molar-refractivity contribution < 1.29 is 0 Å². The van der Waals surface area contributed by atoms with Crippen molar-refractivity contribution in [2.75, 3.05) is 11.4 Å². The number of thiocarbonyl (C=S) groups is 1. The number of thiazole rings is 1. The van der Waals surface area contributed by atoms with Crippen LogP contribution in [0.3, 0.4) is 0 Å². The Hall–Kier alpha value is -1.17. The van der Waals surface area contributed by atoms with E-state index in [2.05, 4.69) is 4.98 Å². The maximum atomic E-state index is 5.95. The number of halogens is 1. The highest BCUT2D eigenvalue weighted by Crippen LogP contribution is 2.18. The van der Waals surface area contributed by atoms with Crippen LogP contribution in [0.5, 0.6) is 0 Å². The fraction of sp³-hybridized carbons (Fsp3) is 0.167. The summed E-state index contributed by atoms with van der Waals surface area (Å²) in [5.74, 6) is 0. The third kappa shape index (κ3) is 3.41. The normalized spacial score (nSPS) is 10.3. The van der Waals surface area contributed by atoms with Crippen molar-refractivity contribution in [3.8, 4) is 0 Å². The summed E-state index contributed by atoms with van der Waals surface area (Å²) >= 11 is 12.5. The molecule has 1 aromatic carbocycles. The number of hydrogen-bond donors (Lipinski definition) is 1. The van der Waals surface area contributed by atoms with Crippen molar-refractivity contribution in [2.45, 2.75) is 6.42 Å². The second kappa shape index (κ2) is 6.13. The van der Waals surface area contributed by atoms with Crippen molar-refractivity contribution in [2.24, 2.45) is 5.73 Å². The van der Waals surface area contributed by atoms with E-state index in [1.54, 1.807) is 6.20 Å². The highest BCUT2D eigenvalue weighted by Gasteiger charge is 2.11. The summed E-state index contributed by atoms with van der Waals surface area (Å²) in [6, 6.07) is 7.77. The topological polar surface area (TPSA) is 42.1 Å². The fourth-order valence-electron chi connectivity index (χ4n) is 1.58. The van der Waals surface area contributed by atoms with Crippen LogP contribution in [-0.4, -0.2) is 16.6 Å². The predicted molar refractivity (Wildman–Crippen MR) is 81.4 cm³/mol. The molecule has 0 spiro atoms. The number of nitrogens with two attached hydrogens (primary N) is 1. The second-order valence-corrected chi connectivity index (χ2v) is 5.41. The molecule has 2 rings (SSSR count). The van der Waals surface area contributed by atoms with Gasteiger partial charge in [0.15, 0.2) is 10.2 Å². The Balaban J connectivity index is 2.05. The molecule has 0 aliphatic carbocycles. The van der Waals surface area contributed by atoms with Crippen molar-refractivity contribution in [3.63, 3.8) is 0 Å². The molecule has 2 aromatic rings. The van der Waals surface area contributed by atoms with Gasteiger partial charge in [-0.2, -0.15) is 0 Å². The molecule has 0 saturated heterocycles. The van der Waals surface area contributed by atoms with Crippen LogP contribution >= 0.6 is 35.2 Å². The van der Waals surface area contributed by atoms with Crippen LogP contribution in [-0.2, 0) is 6.42 Å². The molecule has 0 bridgehead atoms. The average Bonchev–Trinajstić information content (AvgIpc) is 2.82. The third-order valence-electron chi connectivity index (χ3n) is 2.43. The monoisotopic (exact) mass is 297 g/mol. The van der Waals surface area contributed by atoms with Gasteiger partial charge in [0.25, 0.3) is 0 Å². The Bertz CT molecular complexity index is 528. The number of aromatic nitrogens is 1. The minimum Gasteiger partial charge on any atom is -0.376 e. The maximum Gasteiger partial charge on any atom is 0.191 e.